The molecule has 1 atom stereocenters. The van der Waals surface area contributed by atoms with E-state index in [0.29, 0.717) is 25.6 Å². The van der Waals surface area contributed by atoms with E-state index < -0.39 is 0 Å². The van der Waals surface area contributed by atoms with Crippen LogP contribution in [0.3, 0.4) is 0 Å². The van der Waals surface area contributed by atoms with Crippen LogP contribution in [0.4, 0.5) is 0 Å². The van der Waals surface area contributed by atoms with Crippen molar-refractivity contribution >= 4 is 22.7 Å². The topological polar surface area (TPSA) is 45.6 Å². The highest BCUT2D eigenvalue weighted by atomic mass is 16.2. The Labute approximate surface area is 154 Å². The molecule has 0 N–H and O–H groups in total. The van der Waals surface area contributed by atoms with Crippen LogP contribution in [-0.4, -0.2) is 52.4 Å². The quantitative estimate of drug-likeness (QED) is 0.830. The minimum absolute atomic E-state index is 0.107. The van der Waals surface area contributed by atoms with Gasteiger partial charge in [0.1, 0.15) is 0 Å². The minimum Gasteiger partial charge on any atom is -0.346 e. The van der Waals surface area contributed by atoms with Crippen molar-refractivity contribution < 1.29 is 9.59 Å². The molecule has 0 radical (unpaired) electrons. The number of fused-ring (bicyclic) bond motifs is 1. The van der Waals surface area contributed by atoms with E-state index >= 15 is 0 Å². The third-order valence-corrected chi connectivity index (χ3v) is 6.01. The lowest BCUT2D eigenvalue weighted by Crippen LogP contribution is -2.38. The summed E-state index contributed by atoms with van der Waals surface area (Å²) < 4.78 is 2.18. The Kier molecular flexibility index (Phi) is 4.70. The first kappa shape index (κ1) is 17.1. The zero-order valence-electron chi connectivity index (χ0n) is 15.4. The Hall–Kier alpha value is -2.30. The van der Waals surface area contributed by atoms with E-state index in [1.165, 1.54) is 23.7 Å². The second-order valence-electron chi connectivity index (χ2n) is 7.71. The van der Waals surface area contributed by atoms with Crippen molar-refractivity contribution in [2.24, 2.45) is 5.92 Å². The number of carbonyl (C=O) groups is 2. The molecule has 0 unspecified atom stereocenters. The number of hydrogen-bond acceptors (Lipinski definition) is 2. The molecule has 1 aliphatic heterocycles. The number of carbonyl (C=O) groups excluding carboxylic acids is 2. The molecule has 2 fully saturated rings. The van der Waals surface area contributed by atoms with Gasteiger partial charge in [0.25, 0.3) is 0 Å². The maximum absolute atomic E-state index is 12.8. The highest BCUT2D eigenvalue weighted by Crippen LogP contribution is 2.30. The fraction of sp³-hybridized carbons (Fsp3) is 0.524. The van der Waals surface area contributed by atoms with Crippen molar-refractivity contribution in [1.29, 1.82) is 0 Å². The fourth-order valence-electron chi connectivity index (χ4n) is 4.48. The first-order valence-electron chi connectivity index (χ1n) is 9.72. The molecule has 26 heavy (non-hydrogen) atoms. The second-order valence-corrected chi connectivity index (χ2v) is 7.71. The molecule has 1 aromatic carbocycles. The average Bonchev–Trinajstić information content (AvgIpc) is 3.38. The Balaban J connectivity index is 1.35. The second kappa shape index (κ2) is 7.14. The fourth-order valence-corrected chi connectivity index (χ4v) is 4.48. The smallest absolute Gasteiger partial charge is 0.227 e. The molecule has 4 rings (SSSR count). The van der Waals surface area contributed by atoms with Gasteiger partial charge in [0, 0.05) is 50.9 Å². The third kappa shape index (κ3) is 3.22. The number of para-hydroxylation sites is 1. The van der Waals surface area contributed by atoms with E-state index in [-0.39, 0.29) is 17.7 Å². The standard InChI is InChI=1S/C21H27N3O2/c1-22(12-13-23-11-10-16-6-2-5-9-19(16)23)21(26)17-14-20(25)24(15-17)18-7-3-4-8-18/h2,5-6,9-11,17-18H,3-4,7-8,12-15H2,1H3/t17-/m0/s1. The van der Waals surface area contributed by atoms with Crippen LogP contribution in [0.5, 0.6) is 0 Å². The van der Waals surface area contributed by atoms with Gasteiger partial charge in [0.15, 0.2) is 0 Å². The number of nitrogens with zero attached hydrogens (tertiary/aromatic N) is 3. The van der Waals surface area contributed by atoms with Crippen molar-refractivity contribution in [1.82, 2.24) is 14.4 Å². The molecule has 2 aliphatic rings. The maximum Gasteiger partial charge on any atom is 0.227 e. The number of benzene rings is 1. The number of rotatable bonds is 5. The molecule has 1 aliphatic carbocycles. The van der Waals surface area contributed by atoms with E-state index in [1.807, 2.05) is 24.1 Å². The number of likely N-dealkylation sites (N-methyl/N-ethyl adjacent to an activating group) is 1. The van der Waals surface area contributed by atoms with Crippen molar-refractivity contribution in [2.75, 3.05) is 20.1 Å². The summed E-state index contributed by atoms with van der Waals surface area (Å²) in [7, 11) is 1.86. The molecule has 5 heteroatoms. The third-order valence-electron chi connectivity index (χ3n) is 6.01. The lowest BCUT2D eigenvalue weighted by atomic mass is 10.1. The minimum atomic E-state index is -0.172. The van der Waals surface area contributed by atoms with Crippen molar-refractivity contribution in [3.05, 3.63) is 36.5 Å². The molecular weight excluding hydrogens is 326 g/mol. The van der Waals surface area contributed by atoms with Crippen LogP contribution in [0.15, 0.2) is 36.5 Å². The Morgan fingerprint density at radius 1 is 1.19 bits per heavy atom. The van der Waals surface area contributed by atoms with Gasteiger partial charge in [-0.05, 0) is 30.4 Å². The van der Waals surface area contributed by atoms with Gasteiger partial charge in [-0.2, -0.15) is 0 Å². The largest absolute Gasteiger partial charge is 0.346 e. The van der Waals surface area contributed by atoms with Crippen LogP contribution in [0, 0.1) is 5.92 Å². The molecule has 0 spiro atoms. The zero-order valence-corrected chi connectivity index (χ0v) is 15.4. The monoisotopic (exact) mass is 353 g/mol. The Bertz CT molecular complexity index is 806. The van der Waals surface area contributed by atoms with Gasteiger partial charge in [-0.1, -0.05) is 31.0 Å². The first-order chi connectivity index (χ1) is 12.6. The highest BCUT2D eigenvalue weighted by molar-refractivity contribution is 5.89. The Morgan fingerprint density at radius 3 is 2.77 bits per heavy atom. The first-order valence-corrected chi connectivity index (χ1v) is 9.72. The molecule has 2 aromatic rings. The van der Waals surface area contributed by atoms with E-state index in [9.17, 15) is 9.59 Å². The summed E-state index contributed by atoms with van der Waals surface area (Å²) >= 11 is 0. The van der Waals surface area contributed by atoms with Gasteiger partial charge in [0.05, 0.1) is 5.92 Å². The van der Waals surface area contributed by atoms with Gasteiger partial charge in [-0.3, -0.25) is 9.59 Å². The number of amides is 2. The predicted molar refractivity (Wildman–Crippen MR) is 102 cm³/mol. The molecular formula is C21H27N3O2. The molecule has 2 heterocycles. The molecule has 2 amide bonds. The average molecular weight is 353 g/mol. The van der Waals surface area contributed by atoms with Gasteiger partial charge in [0.2, 0.25) is 11.8 Å². The van der Waals surface area contributed by atoms with Crippen molar-refractivity contribution in [3.63, 3.8) is 0 Å². The zero-order chi connectivity index (χ0) is 18.1. The van der Waals surface area contributed by atoms with Crippen LogP contribution < -0.4 is 0 Å². The SMILES string of the molecule is CN(CCn1ccc2ccccc21)C(=O)[C@H]1CC(=O)N(C2CCCC2)C1. The van der Waals surface area contributed by atoms with E-state index in [1.54, 1.807) is 4.90 Å². The maximum atomic E-state index is 12.8. The number of aromatic nitrogens is 1. The van der Waals surface area contributed by atoms with Crippen molar-refractivity contribution in [3.8, 4) is 0 Å². The van der Waals surface area contributed by atoms with Gasteiger partial charge >= 0.3 is 0 Å². The number of likely N-dealkylation sites (tertiary alicyclic amines) is 1. The summed E-state index contributed by atoms with van der Waals surface area (Å²) in [6.07, 6.45) is 7.07. The summed E-state index contributed by atoms with van der Waals surface area (Å²) in [6.45, 7) is 2.04. The van der Waals surface area contributed by atoms with E-state index in [2.05, 4.69) is 29.0 Å². The summed E-state index contributed by atoms with van der Waals surface area (Å²) in [4.78, 5) is 28.9. The van der Waals surface area contributed by atoms with E-state index in [0.717, 1.165) is 19.4 Å². The normalized spacial score (nSPS) is 21.0. The van der Waals surface area contributed by atoms with Gasteiger partial charge < -0.3 is 14.4 Å². The molecule has 138 valence electrons. The molecule has 5 nitrogen and oxygen atoms in total. The molecule has 1 saturated carbocycles. The summed E-state index contributed by atoms with van der Waals surface area (Å²) in [5.41, 5.74) is 1.19. The molecule has 0 bridgehead atoms. The highest BCUT2D eigenvalue weighted by Gasteiger charge is 2.39. The van der Waals surface area contributed by atoms with Crippen molar-refractivity contribution in [2.45, 2.75) is 44.7 Å². The van der Waals surface area contributed by atoms with Crippen LogP contribution in [0.2, 0.25) is 0 Å². The van der Waals surface area contributed by atoms with E-state index in [4.69, 9.17) is 0 Å². The van der Waals surface area contributed by atoms with Gasteiger partial charge in [-0.15, -0.1) is 0 Å². The molecule has 1 saturated heterocycles. The van der Waals surface area contributed by atoms with Crippen LogP contribution in [0.25, 0.3) is 10.9 Å². The lowest BCUT2D eigenvalue weighted by Gasteiger charge is -2.25. The summed E-state index contributed by atoms with van der Waals surface area (Å²) in [5, 5.41) is 1.22. The Morgan fingerprint density at radius 2 is 1.96 bits per heavy atom. The summed E-state index contributed by atoms with van der Waals surface area (Å²) in [6, 6.07) is 10.8. The summed E-state index contributed by atoms with van der Waals surface area (Å²) in [5.74, 6) is 0.102. The lowest BCUT2D eigenvalue weighted by molar-refractivity contribution is -0.134. The van der Waals surface area contributed by atoms with Crippen LogP contribution in [0.1, 0.15) is 32.1 Å². The van der Waals surface area contributed by atoms with Crippen LogP contribution >= 0.6 is 0 Å². The number of hydrogen-bond donors (Lipinski definition) is 0. The van der Waals surface area contributed by atoms with Gasteiger partial charge in [-0.25, -0.2) is 0 Å². The van der Waals surface area contributed by atoms with Crippen LogP contribution in [-0.2, 0) is 16.1 Å². The predicted octanol–water partition coefficient (Wildman–Crippen LogP) is 2.89. The molecule has 1 aromatic heterocycles.